The van der Waals surface area contributed by atoms with Gasteiger partial charge in [-0.3, -0.25) is 14.1 Å². The first-order chi connectivity index (χ1) is 12.2. The molecule has 1 N–H and O–H groups in total. The van der Waals surface area contributed by atoms with E-state index in [4.69, 9.17) is 11.6 Å². The zero-order chi connectivity index (χ0) is 19.1. The number of thiazole rings is 1. The molecule has 0 saturated heterocycles. The van der Waals surface area contributed by atoms with Crippen LogP contribution in [0.25, 0.3) is 11.3 Å². The standard InChI is InChI=1S/C15H13ClN4O4S2/c1-19-7-12(13(21)20(2)15(19)22)26(23,24)18-14-17-11(8-25-14)9-3-5-10(16)6-4-9/h3-8H,1-2H3,(H,17,18). The molecule has 1 aromatic carbocycles. The minimum atomic E-state index is -4.20. The Morgan fingerprint density at radius 3 is 2.46 bits per heavy atom. The van der Waals surface area contributed by atoms with Crippen molar-refractivity contribution in [2.75, 3.05) is 4.72 Å². The van der Waals surface area contributed by atoms with Gasteiger partial charge < -0.3 is 4.57 Å². The van der Waals surface area contributed by atoms with Crippen molar-refractivity contribution in [2.24, 2.45) is 14.1 Å². The number of aryl methyl sites for hydroxylation is 1. The Bertz CT molecular complexity index is 1190. The van der Waals surface area contributed by atoms with Gasteiger partial charge in [-0.1, -0.05) is 23.7 Å². The Kier molecular flexibility index (Phi) is 4.74. The Hall–Kier alpha value is -2.43. The van der Waals surface area contributed by atoms with Crippen LogP contribution < -0.4 is 16.0 Å². The molecule has 2 heterocycles. The summed E-state index contributed by atoms with van der Waals surface area (Å²) in [6.07, 6.45) is 0.987. The molecule has 0 aliphatic rings. The van der Waals surface area contributed by atoms with Gasteiger partial charge in [0.15, 0.2) is 10.0 Å². The number of benzene rings is 1. The second kappa shape index (κ2) is 6.71. The van der Waals surface area contributed by atoms with E-state index in [2.05, 4.69) is 9.71 Å². The summed E-state index contributed by atoms with van der Waals surface area (Å²) in [5.41, 5.74) is -0.185. The number of nitrogens with zero attached hydrogens (tertiary/aromatic N) is 3. The van der Waals surface area contributed by atoms with E-state index in [0.29, 0.717) is 10.7 Å². The zero-order valence-electron chi connectivity index (χ0n) is 13.6. The lowest BCUT2D eigenvalue weighted by Gasteiger charge is -2.08. The molecule has 0 saturated carbocycles. The molecule has 8 nitrogen and oxygen atoms in total. The topological polar surface area (TPSA) is 103 Å². The van der Waals surface area contributed by atoms with Gasteiger partial charge in [-0.2, -0.15) is 0 Å². The highest BCUT2D eigenvalue weighted by atomic mass is 35.5. The van der Waals surface area contributed by atoms with Crippen molar-refractivity contribution in [3.05, 3.63) is 61.7 Å². The average molecular weight is 413 g/mol. The SMILES string of the molecule is Cn1cc(S(=O)(=O)Nc2nc(-c3ccc(Cl)cc3)cs2)c(=O)n(C)c1=O. The predicted octanol–water partition coefficient (Wildman–Crippen LogP) is 1.66. The molecule has 0 unspecified atom stereocenters. The van der Waals surface area contributed by atoms with Crippen LogP contribution in [0, 0.1) is 0 Å². The fourth-order valence-corrected chi connectivity index (χ4v) is 4.46. The molecule has 136 valence electrons. The maximum atomic E-state index is 12.5. The Labute approximate surface area is 157 Å². The van der Waals surface area contributed by atoms with Crippen LogP contribution in [0.4, 0.5) is 5.13 Å². The van der Waals surface area contributed by atoms with E-state index in [1.54, 1.807) is 29.6 Å². The van der Waals surface area contributed by atoms with Gasteiger partial charge in [-0.05, 0) is 12.1 Å². The summed E-state index contributed by atoms with van der Waals surface area (Å²) in [6, 6.07) is 6.93. The fourth-order valence-electron chi connectivity index (χ4n) is 2.20. The van der Waals surface area contributed by atoms with Crippen molar-refractivity contribution >= 4 is 38.1 Å². The number of anilines is 1. The third-order valence-electron chi connectivity index (χ3n) is 3.57. The first kappa shape index (κ1) is 18.4. The Morgan fingerprint density at radius 2 is 1.81 bits per heavy atom. The number of aromatic nitrogens is 3. The second-order valence-corrected chi connectivity index (χ2v) is 8.35. The molecule has 0 aliphatic carbocycles. The fraction of sp³-hybridized carbons (Fsp3) is 0.133. The van der Waals surface area contributed by atoms with Gasteiger partial charge in [0, 0.05) is 36.3 Å². The van der Waals surface area contributed by atoms with Crippen molar-refractivity contribution in [3.63, 3.8) is 0 Å². The summed E-state index contributed by atoms with van der Waals surface area (Å²) < 4.78 is 29.1. The van der Waals surface area contributed by atoms with Crippen LogP contribution in [-0.4, -0.2) is 22.5 Å². The van der Waals surface area contributed by atoms with E-state index < -0.39 is 26.2 Å². The number of hydrogen-bond acceptors (Lipinski definition) is 6. The van der Waals surface area contributed by atoms with Crippen LogP contribution in [-0.2, 0) is 24.1 Å². The molecule has 26 heavy (non-hydrogen) atoms. The minimum absolute atomic E-state index is 0.103. The van der Waals surface area contributed by atoms with Gasteiger partial charge in [-0.15, -0.1) is 11.3 Å². The first-order valence-corrected chi connectivity index (χ1v) is 9.94. The Balaban J connectivity index is 1.95. The summed E-state index contributed by atoms with van der Waals surface area (Å²) in [5.74, 6) is 0. The second-order valence-electron chi connectivity index (χ2n) is 5.40. The quantitative estimate of drug-likeness (QED) is 0.702. The molecule has 3 rings (SSSR count). The van der Waals surface area contributed by atoms with Gasteiger partial charge in [0.2, 0.25) is 0 Å². The monoisotopic (exact) mass is 412 g/mol. The molecule has 2 aromatic heterocycles. The van der Waals surface area contributed by atoms with Crippen LogP contribution in [0.15, 0.2) is 50.3 Å². The lowest BCUT2D eigenvalue weighted by atomic mass is 10.2. The third-order valence-corrected chi connectivity index (χ3v) is 6.03. The molecule has 0 atom stereocenters. The van der Waals surface area contributed by atoms with Crippen molar-refractivity contribution < 1.29 is 8.42 Å². The molecular formula is C15H13ClN4O4S2. The van der Waals surface area contributed by atoms with Crippen molar-refractivity contribution in [1.82, 2.24) is 14.1 Å². The van der Waals surface area contributed by atoms with Gasteiger partial charge in [-0.25, -0.2) is 18.2 Å². The highest BCUT2D eigenvalue weighted by Crippen LogP contribution is 2.27. The molecule has 0 bridgehead atoms. The molecule has 0 fully saturated rings. The molecule has 3 aromatic rings. The van der Waals surface area contributed by atoms with Crippen molar-refractivity contribution in [2.45, 2.75) is 4.90 Å². The molecule has 0 radical (unpaired) electrons. The number of hydrogen-bond donors (Lipinski definition) is 1. The molecule has 0 aliphatic heterocycles. The van der Waals surface area contributed by atoms with E-state index in [1.807, 2.05) is 0 Å². The van der Waals surface area contributed by atoms with E-state index >= 15 is 0 Å². The largest absolute Gasteiger partial charge is 0.330 e. The summed E-state index contributed by atoms with van der Waals surface area (Å²) in [5, 5.41) is 2.36. The van der Waals surface area contributed by atoms with Crippen LogP contribution in [0.1, 0.15) is 0 Å². The van der Waals surface area contributed by atoms with Crippen LogP contribution in [0.3, 0.4) is 0 Å². The molecule has 0 amide bonds. The number of halogens is 1. The summed E-state index contributed by atoms with van der Waals surface area (Å²) in [4.78, 5) is 27.5. The Morgan fingerprint density at radius 1 is 1.15 bits per heavy atom. The lowest BCUT2D eigenvalue weighted by molar-refractivity contribution is 0.589. The number of nitrogens with one attached hydrogen (secondary N) is 1. The molecular weight excluding hydrogens is 400 g/mol. The summed E-state index contributed by atoms with van der Waals surface area (Å²) in [7, 11) is -1.62. The van der Waals surface area contributed by atoms with Gasteiger partial charge in [0.25, 0.3) is 15.6 Å². The number of sulfonamides is 1. The van der Waals surface area contributed by atoms with Crippen LogP contribution in [0.2, 0.25) is 5.02 Å². The zero-order valence-corrected chi connectivity index (χ0v) is 16.0. The van der Waals surface area contributed by atoms with E-state index in [9.17, 15) is 18.0 Å². The molecule has 0 spiro atoms. The highest BCUT2D eigenvalue weighted by Gasteiger charge is 2.22. The number of rotatable bonds is 4. The summed E-state index contributed by atoms with van der Waals surface area (Å²) in [6.45, 7) is 0. The van der Waals surface area contributed by atoms with E-state index in [0.717, 1.165) is 32.2 Å². The minimum Gasteiger partial charge on any atom is -0.302 e. The lowest BCUT2D eigenvalue weighted by Crippen LogP contribution is -2.40. The molecule has 11 heteroatoms. The highest BCUT2D eigenvalue weighted by molar-refractivity contribution is 7.92. The maximum Gasteiger partial charge on any atom is 0.330 e. The smallest absolute Gasteiger partial charge is 0.302 e. The van der Waals surface area contributed by atoms with Crippen LogP contribution in [0.5, 0.6) is 0 Å². The normalized spacial score (nSPS) is 11.5. The van der Waals surface area contributed by atoms with Crippen molar-refractivity contribution in [1.29, 1.82) is 0 Å². The van der Waals surface area contributed by atoms with Gasteiger partial charge >= 0.3 is 5.69 Å². The third kappa shape index (κ3) is 3.43. The predicted molar refractivity (Wildman–Crippen MR) is 100 cm³/mol. The van der Waals surface area contributed by atoms with Gasteiger partial charge in [0.05, 0.1) is 5.69 Å². The van der Waals surface area contributed by atoms with Crippen LogP contribution >= 0.6 is 22.9 Å². The first-order valence-electron chi connectivity index (χ1n) is 7.20. The average Bonchev–Trinajstić information content (AvgIpc) is 3.04. The summed E-state index contributed by atoms with van der Waals surface area (Å²) >= 11 is 6.92. The van der Waals surface area contributed by atoms with Gasteiger partial charge in [0.1, 0.15) is 0 Å². The maximum absolute atomic E-state index is 12.5. The van der Waals surface area contributed by atoms with Crippen molar-refractivity contribution in [3.8, 4) is 11.3 Å². The van der Waals surface area contributed by atoms with E-state index in [-0.39, 0.29) is 5.13 Å². The van der Waals surface area contributed by atoms with E-state index in [1.165, 1.54) is 14.1 Å².